The molecule has 0 atom stereocenters. The first kappa shape index (κ1) is 18.9. The predicted molar refractivity (Wildman–Crippen MR) is 105 cm³/mol. The number of hydrogen-bond donors (Lipinski definition) is 1. The van der Waals surface area contributed by atoms with Crippen molar-refractivity contribution in [2.24, 2.45) is 0 Å². The maximum atomic E-state index is 13.1. The van der Waals surface area contributed by atoms with Gasteiger partial charge in [-0.05, 0) is 55.3 Å². The maximum absolute atomic E-state index is 13.1. The first-order valence-electron chi connectivity index (χ1n) is 8.94. The lowest BCUT2D eigenvalue weighted by Gasteiger charge is -2.12. The number of fused-ring (bicyclic) bond motifs is 1. The number of hydrogen-bond acceptors (Lipinski definition) is 4. The number of rotatable bonds is 4. The van der Waals surface area contributed by atoms with E-state index in [4.69, 9.17) is 11.6 Å². The zero-order valence-electron chi connectivity index (χ0n) is 14.9. The number of halogens is 2. The standard InChI is InChI=1S/C19H18ClFN4O2S/c20-17-10-7-14(24-28(26,27)15-8-5-13(21)6-9-15)12-16(17)19-23-22-18-4-2-1-3-11-25(18)19/h5-10,12,24H,1-4,11H2. The highest BCUT2D eigenvalue weighted by atomic mass is 35.5. The molecule has 9 heteroatoms. The average Bonchev–Trinajstić information content (AvgIpc) is 2.91. The van der Waals surface area contributed by atoms with Crippen molar-refractivity contribution < 1.29 is 12.8 Å². The van der Waals surface area contributed by atoms with Gasteiger partial charge in [-0.2, -0.15) is 0 Å². The maximum Gasteiger partial charge on any atom is 0.261 e. The average molecular weight is 421 g/mol. The van der Waals surface area contributed by atoms with Crippen LogP contribution < -0.4 is 4.72 Å². The minimum Gasteiger partial charge on any atom is -0.311 e. The third-order valence-corrected chi connectivity index (χ3v) is 6.42. The number of sulfonamides is 1. The van der Waals surface area contributed by atoms with E-state index < -0.39 is 15.8 Å². The summed E-state index contributed by atoms with van der Waals surface area (Å²) in [6.07, 6.45) is 4.10. The first-order valence-corrected chi connectivity index (χ1v) is 10.8. The SMILES string of the molecule is O=S(=O)(Nc1ccc(Cl)c(-c2nnc3n2CCCCC3)c1)c1ccc(F)cc1. The molecule has 1 aliphatic rings. The fourth-order valence-electron chi connectivity index (χ4n) is 3.27. The Balaban J connectivity index is 1.68. The van der Waals surface area contributed by atoms with E-state index in [1.54, 1.807) is 18.2 Å². The zero-order chi connectivity index (χ0) is 19.7. The molecule has 0 fully saturated rings. The molecule has 1 aromatic heterocycles. The van der Waals surface area contributed by atoms with Crippen LogP contribution in [0.2, 0.25) is 5.02 Å². The molecule has 6 nitrogen and oxygen atoms in total. The van der Waals surface area contributed by atoms with Crippen LogP contribution in [-0.2, 0) is 23.0 Å². The van der Waals surface area contributed by atoms with Crippen LogP contribution in [0.5, 0.6) is 0 Å². The highest BCUT2D eigenvalue weighted by Gasteiger charge is 2.20. The second-order valence-corrected chi connectivity index (χ2v) is 8.75. The monoisotopic (exact) mass is 420 g/mol. The lowest BCUT2D eigenvalue weighted by molar-refractivity contribution is 0.599. The van der Waals surface area contributed by atoms with Crippen LogP contribution in [-0.4, -0.2) is 23.2 Å². The second-order valence-electron chi connectivity index (χ2n) is 6.66. The molecule has 4 rings (SSSR count). The summed E-state index contributed by atoms with van der Waals surface area (Å²) in [5.74, 6) is 1.05. The normalized spacial score (nSPS) is 14.4. The molecule has 0 spiro atoms. The minimum atomic E-state index is -3.85. The van der Waals surface area contributed by atoms with Gasteiger partial charge < -0.3 is 4.57 Å². The van der Waals surface area contributed by atoms with Gasteiger partial charge in [0.1, 0.15) is 11.6 Å². The second kappa shape index (κ2) is 7.52. The molecule has 0 saturated heterocycles. The first-order chi connectivity index (χ1) is 13.4. The summed E-state index contributed by atoms with van der Waals surface area (Å²) in [4.78, 5) is -0.0262. The molecule has 0 radical (unpaired) electrons. The lowest BCUT2D eigenvalue weighted by atomic mass is 10.2. The van der Waals surface area contributed by atoms with Gasteiger partial charge in [-0.25, -0.2) is 12.8 Å². The summed E-state index contributed by atoms with van der Waals surface area (Å²) in [6, 6.07) is 9.48. The Hall–Kier alpha value is -2.45. The van der Waals surface area contributed by atoms with Crippen molar-refractivity contribution in [1.82, 2.24) is 14.8 Å². The van der Waals surface area contributed by atoms with E-state index in [0.29, 0.717) is 22.1 Å². The van der Waals surface area contributed by atoms with Gasteiger partial charge in [0.05, 0.1) is 9.92 Å². The summed E-state index contributed by atoms with van der Waals surface area (Å²) < 4.78 is 42.8. The van der Waals surface area contributed by atoms with Gasteiger partial charge in [0, 0.05) is 24.2 Å². The van der Waals surface area contributed by atoms with E-state index in [9.17, 15) is 12.8 Å². The van der Waals surface area contributed by atoms with Crippen LogP contribution in [0, 0.1) is 5.82 Å². The Morgan fingerprint density at radius 1 is 1.04 bits per heavy atom. The molecule has 0 amide bonds. The fraction of sp³-hybridized carbons (Fsp3) is 0.263. The van der Waals surface area contributed by atoms with E-state index in [0.717, 1.165) is 50.2 Å². The number of nitrogens with one attached hydrogen (secondary N) is 1. The van der Waals surface area contributed by atoms with E-state index in [1.807, 2.05) is 4.57 Å². The van der Waals surface area contributed by atoms with Crippen molar-refractivity contribution >= 4 is 27.3 Å². The molecule has 1 aliphatic heterocycles. The number of anilines is 1. The smallest absolute Gasteiger partial charge is 0.261 e. The third kappa shape index (κ3) is 3.74. The van der Waals surface area contributed by atoms with Gasteiger partial charge in [0.15, 0.2) is 5.82 Å². The number of aromatic nitrogens is 3. The molecule has 3 aromatic rings. The molecule has 2 heterocycles. The fourth-order valence-corrected chi connectivity index (χ4v) is 4.52. The van der Waals surface area contributed by atoms with Crippen LogP contribution in [0.15, 0.2) is 47.4 Å². The van der Waals surface area contributed by atoms with Crippen LogP contribution in [0.1, 0.15) is 25.1 Å². The van der Waals surface area contributed by atoms with Gasteiger partial charge in [-0.3, -0.25) is 4.72 Å². The molecular formula is C19H18ClFN4O2S. The van der Waals surface area contributed by atoms with E-state index in [2.05, 4.69) is 14.9 Å². The van der Waals surface area contributed by atoms with Gasteiger partial charge in [0.25, 0.3) is 10.0 Å². The molecule has 146 valence electrons. The Morgan fingerprint density at radius 2 is 1.82 bits per heavy atom. The van der Waals surface area contributed by atoms with Crippen molar-refractivity contribution in [3.63, 3.8) is 0 Å². The topological polar surface area (TPSA) is 76.9 Å². The molecule has 28 heavy (non-hydrogen) atoms. The molecule has 0 saturated carbocycles. The molecule has 0 aliphatic carbocycles. The largest absolute Gasteiger partial charge is 0.311 e. The quantitative estimate of drug-likeness (QED) is 0.684. The van der Waals surface area contributed by atoms with Crippen molar-refractivity contribution in [1.29, 1.82) is 0 Å². The summed E-state index contributed by atoms with van der Waals surface area (Å²) in [5, 5.41) is 9.02. The molecule has 0 unspecified atom stereocenters. The van der Waals surface area contributed by atoms with Crippen molar-refractivity contribution in [2.75, 3.05) is 4.72 Å². The van der Waals surface area contributed by atoms with Crippen LogP contribution >= 0.6 is 11.6 Å². The summed E-state index contributed by atoms with van der Waals surface area (Å²) >= 11 is 6.38. The Morgan fingerprint density at radius 3 is 2.61 bits per heavy atom. The molecule has 2 aromatic carbocycles. The van der Waals surface area contributed by atoms with Gasteiger partial charge in [-0.1, -0.05) is 18.0 Å². The van der Waals surface area contributed by atoms with Crippen LogP contribution in [0.25, 0.3) is 11.4 Å². The molecule has 0 bridgehead atoms. The highest BCUT2D eigenvalue weighted by molar-refractivity contribution is 7.92. The van der Waals surface area contributed by atoms with Gasteiger partial charge >= 0.3 is 0 Å². The molecule has 1 N–H and O–H groups in total. The number of aryl methyl sites for hydroxylation is 1. The highest BCUT2D eigenvalue weighted by Crippen LogP contribution is 2.32. The van der Waals surface area contributed by atoms with Crippen LogP contribution in [0.4, 0.5) is 10.1 Å². The van der Waals surface area contributed by atoms with E-state index >= 15 is 0 Å². The van der Waals surface area contributed by atoms with Gasteiger partial charge in [-0.15, -0.1) is 10.2 Å². The summed E-state index contributed by atoms with van der Waals surface area (Å²) in [6.45, 7) is 0.805. The van der Waals surface area contributed by atoms with Crippen molar-refractivity contribution in [3.05, 3.63) is 59.1 Å². The van der Waals surface area contributed by atoms with E-state index in [1.165, 1.54) is 12.1 Å². The number of benzene rings is 2. The van der Waals surface area contributed by atoms with E-state index in [-0.39, 0.29) is 4.90 Å². The number of nitrogens with zero attached hydrogens (tertiary/aromatic N) is 3. The van der Waals surface area contributed by atoms with Crippen LogP contribution in [0.3, 0.4) is 0 Å². The predicted octanol–water partition coefficient (Wildman–Crippen LogP) is 4.26. The molecular weight excluding hydrogens is 403 g/mol. The Labute approximate surface area is 167 Å². The lowest BCUT2D eigenvalue weighted by Crippen LogP contribution is -2.13. The van der Waals surface area contributed by atoms with Gasteiger partial charge in [0.2, 0.25) is 0 Å². The zero-order valence-corrected chi connectivity index (χ0v) is 16.5. The van der Waals surface area contributed by atoms with Crippen molar-refractivity contribution in [2.45, 2.75) is 37.1 Å². The third-order valence-electron chi connectivity index (χ3n) is 4.69. The van der Waals surface area contributed by atoms with Crippen molar-refractivity contribution in [3.8, 4) is 11.4 Å². The summed E-state index contributed by atoms with van der Waals surface area (Å²) in [7, 11) is -3.85. The minimum absolute atomic E-state index is 0.0262. The Bertz CT molecular complexity index is 1110. The Kier molecular flexibility index (Phi) is 5.07. The summed E-state index contributed by atoms with van der Waals surface area (Å²) in [5.41, 5.74) is 0.955.